The van der Waals surface area contributed by atoms with Crippen molar-refractivity contribution in [2.75, 3.05) is 0 Å². The maximum Gasteiger partial charge on any atom is 0.171 e. The largest absolute Gasteiger partial charge is 0.682 e. The molecule has 0 saturated heterocycles. The number of benzene rings is 1. The minimum atomic E-state index is -3.41. The van der Waals surface area contributed by atoms with Crippen LogP contribution in [0.15, 0.2) is 18.2 Å². The standard InChI is InChI=1S/C42H79O2PS2/c1-3-5-7-9-11-13-15-17-19-21-23-25-27-29-31-33-36-40-37-35-39-42(44-45(43,46)47)41(40)38-34-32-30-28-26-24-22-20-18-16-14-12-10-8-6-4-2/h35,37,39H,3-34,36,38H2,1-2H3,(H2,43,46,47)/p-2. The van der Waals surface area contributed by atoms with Crippen LogP contribution in [0.5, 0.6) is 5.75 Å². The lowest BCUT2D eigenvalue weighted by molar-refractivity contribution is -0.169. The first-order valence-electron chi connectivity index (χ1n) is 20.8. The topological polar surface area (TPSA) is 32.3 Å². The van der Waals surface area contributed by atoms with Gasteiger partial charge < -0.3 is 33.9 Å². The highest BCUT2D eigenvalue weighted by Gasteiger charge is 2.12. The van der Waals surface area contributed by atoms with Crippen LogP contribution in [-0.2, 0) is 37.3 Å². The summed E-state index contributed by atoms with van der Waals surface area (Å²) >= 11 is 9.96. The molecule has 0 atom stereocenters. The van der Waals surface area contributed by atoms with Gasteiger partial charge in [0.15, 0.2) is 5.75 Å². The first-order chi connectivity index (χ1) is 23.0. The molecule has 47 heavy (non-hydrogen) atoms. The number of hydrogen-bond acceptors (Lipinski definition) is 4. The van der Waals surface area contributed by atoms with Gasteiger partial charge >= 0.3 is 0 Å². The van der Waals surface area contributed by atoms with E-state index in [0.717, 1.165) is 19.3 Å². The van der Waals surface area contributed by atoms with Crippen molar-refractivity contribution in [3.05, 3.63) is 29.3 Å². The summed E-state index contributed by atoms with van der Waals surface area (Å²) in [6.07, 6.45) is 42.8. The molecule has 276 valence electrons. The highest BCUT2D eigenvalue weighted by atomic mass is 33.1. The lowest BCUT2D eigenvalue weighted by Gasteiger charge is -2.42. The Morgan fingerprint density at radius 2 is 0.745 bits per heavy atom. The number of rotatable bonds is 36. The average molecular weight is 709 g/mol. The summed E-state index contributed by atoms with van der Waals surface area (Å²) in [5.41, 5.74) is 2.54. The van der Waals surface area contributed by atoms with E-state index in [0.29, 0.717) is 5.75 Å². The van der Waals surface area contributed by atoms with Gasteiger partial charge in [0.25, 0.3) is 0 Å². The molecule has 0 spiro atoms. The van der Waals surface area contributed by atoms with Gasteiger partial charge in [-0.3, -0.25) is 0 Å². The zero-order valence-electron chi connectivity index (χ0n) is 31.4. The van der Waals surface area contributed by atoms with Gasteiger partial charge in [0, 0.05) is 5.56 Å². The molecule has 0 bridgehead atoms. The van der Waals surface area contributed by atoms with Crippen LogP contribution in [0.1, 0.15) is 230 Å². The minimum absolute atomic E-state index is 0.674. The summed E-state index contributed by atoms with van der Waals surface area (Å²) in [6.45, 7) is 4.59. The molecule has 0 amide bonds. The predicted octanol–water partition coefficient (Wildman–Crippen LogP) is 14.8. The smallest absolute Gasteiger partial charge is 0.171 e. The molecular weight excluding hydrogens is 632 g/mol. The van der Waals surface area contributed by atoms with Gasteiger partial charge in [-0.2, -0.15) is 0 Å². The van der Waals surface area contributed by atoms with Crippen molar-refractivity contribution in [3.63, 3.8) is 0 Å². The number of aryl methyl sites for hydroxylation is 1. The second-order valence-electron chi connectivity index (χ2n) is 14.5. The summed E-state index contributed by atoms with van der Waals surface area (Å²) in [4.78, 5) is 12.2. The van der Waals surface area contributed by atoms with Crippen molar-refractivity contribution in [2.45, 2.75) is 232 Å². The Morgan fingerprint density at radius 3 is 1.06 bits per heavy atom. The number of unbranched alkanes of at least 4 members (excludes halogenated alkanes) is 30. The minimum Gasteiger partial charge on any atom is -0.682 e. The van der Waals surface area contributed by atoms with Crippen LogP contribution in [0.3, 0.4) is 0 Å². The Hall–Kier alpha value is 0.110. The van der Waals surface area contributed by atoms with Gasteiger partial charge in [0.2, 0.25) is 0 Å². The monoisotopic (exact) mass is 709 g/mol. The molecule has 0 radical (unpaired) electrons. The summed E-state index contributed by atoms with van der Waals surface area (Å²) in [5, 5.41) is 0. The number of hydrogen-bond donors (Lipinski definition) is 0. The van der Waals surface area contributed by atoms with Crippen LogP contribution < -0.4 is 9.42 Å². The van der Waals surface area contributed by atoms with E-state index in [9.17, 15) is 4.89 Å². The lowest BCUT2D eigenvalue weighted by atomic mass is 9.95. The van der Waals surface area contributed by atoms with E-state index in [1.54, 1.807) is 0 Å². The van der Waals surface area contributed by atoms with E-state index in [-0.39, 0.29) is 0 Å². The van der Waals surface area contributed by atoms with Crippen LogP contribution in [0.4, 0.5) is 0 Å². The average Bonchev–Trinajstić information content (AvgIpc) is 3.04. The fourth-order valence-corrected chi connectivity index (χ4v) is 7.94. The Labute approximate surface area is 306 Å². The molecule has 0 saturated carbocycles. The SMILES string of the molecule is CCCCCCCCCCCCCCCCCCc1cccc(O[P+]([O-])([S-])[S-])c1CCCCCCCCCCCCCCCCCC. The second kappa shape index (κ2) is 33.3. The first-order valence-corrected chi connectivity index (χ1v) is 24.5. The summed E-state index contributed by atoms with van der Waals surface area (Å²) in [6, 6.07) is 6.18. The lowest BCUT2D eigenvalue weighted by Crippen LogP contribution is -2.11. The van der Waals surface area contributed by atoms with Crippen molar-refractivity contribution in [1.82, 2.24) is 0 Å². The Bertz CT molecular complexity index is 797. The Morgan fingerprint density at radius 1 is 0.447 bits per heavy atom. The van der Waals surface area contributed by atoms with Crippen LogP contribution >= 0.6 is 6.12 Å². The van der Waals surface area contributed by atoms with Gasteiger partial charge in [0.1, 0.15) is 0 Å². The highest BCUT2D eigenvalue weighted by Crippen LogP contribution is 2.47. The van der Waals surface area contributed by atoms with Crippen molar-refractivity contribution in [1.29, 1.82) is 0 Å². The van der Waals surface area contributed by atoms with E-state index < -0.39 is 6.12 Å². The first kappa shape index (κ1) is 45.1. The molecule has 1 rings (SSSR count). The maximum absolute atomic E-state index is 12.2. The molecule has 5 heteroatoms. The van der Waals surface area contributed by atoms with Crippen molar-refractivity contribution < 1.29 is 9.42 Å². The van der Waals surface area contributed by atoms with Crippen LogP contribution in [-0.4, -0.2) is 0 Å². The fraction of sp³-hybridized carbons (Fsp3) is 0.857. The zero-order chi connectivity index (χ0) is 34.1. The molecule has 2 nitrogen and oxygen atoms in total. The summed E-state index contributed by atoms with van der Waals surface area (Å²) in [5.74, 6) is 0.674. The highest BCUT2D eigenvalue weighted by molar-refractivity contribution is 8.69. The molecule has 1 aromatic carbocycles. The summed E-state index contributed by atoms with van der Waals surface area (Å²) in [7, 11) is 0. The van der Waals surface area contributed by atoms with E-state index in [1.807, 2.05) is 12.1 Å². The van der Waals surface area contributed by atoms with E-state index in [1.165, 1.54) is 210 Å². The fourth-order valence-electron chi connectivity index (χ4n) is 7.05. The van der Waals surface area contributed by atoms with Crippen LogP contribution in [0.25, 0.3) is 0 Å². The summed E-state index contributed by atoms with van der Waals surface area (Å²) < 4.78 is 5.67. The zero-order valence-corrected chi connectivity index (χ0v) is 33.9. The maximum atomic E-state index is 12.2. The molecule has 0 unspecified atom stereocenters. The molecule has 0 aliphatic rings. The molecule has 0 fully saturated rings. The molecule has 0 N–H and O–H groups in total. The third-order valence-corrected chi connectivity index (χ3v) is 10.9. The normalized spacial score (nSPS) is 11.9. The van der Waals surface area contributed by atoms with Gasteiger partial charge in [0.05, 0.1) is 0 Å². The molecular formula is C42H77O2PS2-2. The molecule has 0 heterocycles. The van der Waals surface area contributed by atoms with Gasteiger partial charge in [-0.15, -0.1) is 6.12 Å². The van der Waals surface area contributed by atoms with E-state index in [2.05, 4.69) is 19.9 Å². The third-order valence-electron chi connectivity index (χ3n) is 10.0. The van der Waals surface area contributed by atoms with Crippen molar-refractivity contribution in [2.24, 2.45) is 0 Å². The van der Waals surface area contributed by atoms with Crippen molar-refractivity contribution in [3.8, 4) is 5.75 Å². The Kier molecular flexibility index (Phi) is 31.9. The third kappa shape index (κ3) is 29.5. The van der Waals surface area contributed by atoms with E-state index >= 15 is 0 Å². The Balaban J connectivity index is 2.17. The second-order valence-corrected chi connectivity index (χ2v) is 19.2. The van der Waals surface area contributed by atoms with Gasteiger partial charge in [-0.25, -0.2) is 0 Å². The predicted molar refractivity (Wildman–Crippen MR) is 215 cm³/mol. The van der Waals surface area contributed by atoms with Crippen molar-refractivity contribution >= 4 is 30.6 Å². The van der Waals surface area contributed by atoms with E-state index in [4.69, 9.17) is 29.0 Å². The van der Waals surface area contributed by atoms with Crippen LogP contribution in [0.2, 0.25) is 0 Å². The van der Waals surface area contributed by atoms with Gasteiger partial charge in [-0.05, 0) is 37.3 Å². The van der Waals surface area contributed by atoms with Gasteiger partial charge in [-0.1, -0.05) is 219 Å². The quantitative estimate of drug-likeness (QED) is 0.0395. The van der Waals surface area contributed by atoms with Crippen LogP contribution in [0, 0.1) is 0 Å². The molecule has 1 aromatic rings. The molecule has 0 aliphatic heterocycles. The molecule has 0 aliphatic carbocycles. The molecule has 0 aromatic heterocycles.